The Morgan fingerprint density at radius 3 is 2.70 bits per heavy atom. The maximum absolute atomic E-state index is 13.4. The normalized spacial score (nSPS) is 20.0. The highest BCUT2D eigenvalue weighted by molar-refractivity contribution is 6.06. The van der Waals surface area contributed by atoms with Gasteiger partial charge in [-0.05, 0) is 52.2 Å². The SMILES string of the molecule is Cc1cc(C)n([C@H]2CCN(C(=O)c3cc(C4CC4)nc4onc(C)c34)C2)n1. The Hall–Kier alpha value is -2.70. The number of pyridine rings is 1. The van der Waals surface area contributed by atoms with Gasteiger partial charge in [-0.3, -0.25) is 9.48 Å². The van der Waals surface area contributed by atoms with Crippen LogP contribution in [0.15, 0.2) is 16.7 Å². The van der Waals surface area contributed by atoms with Crippen molar-refractivity contribution in [3.05, 3.63) is 40.5 Å². The van der Waals surface area contributed by atoms with Crippen molar-refractivity contribution in [2.24, 2.45) is 0 Å². The van der Waals surface area contributed by atoms with Crippen LogP contribution < -0.4 is 0 Å². The standard InChI is InChI=1S/C20H23N5O2/c1-11-8-12(2)25(22-11)15-6-7-24(10-15)20(26)16-9-17(14-4-5-14)21-19-18(16)13(3)23-27-19/h8-9,14-15H,4-7,10H2,1-3H3/t15-/m0/s1. The predicted molar refractivity (Wildman–Crippen MR) is 99.8 cm³/mol. The number of aryl methyl sites for hydroxylation is 3. The molecule has 0 radical (unpaired) electrons. The minimum Gasteiger partial charge on any atom is -0.336 e. The lowest BCUT2D eigenvalue weighted by molar-refractivity contribution is 0.0788. The van der Waals surface area contributed by atoms with E-state index in [1.807, 2.05) is 24.8 Å². The van der Waals surface area contributed by atoms with Gasteiger partial charge in [-0.2, -0.15) is 5.10 Å². The average molecular weight is 365 g/mol. The summed E-state index contributed by atoms with van der Waals surface area (Å²) < 4.78 is 7.44. The number of hydrogen-bond acceptors (Lipinski definition) is 5. The van der Waals surface area contributed by atoms with Gasteiger partial charge in [-0.25, -0.2) is 4.98 Å². The van der Waals surface area contributed by atoms with E-state index in [0.717, 1.165) is 54.0 Å². The number of fused-ring (bicyclic) bond motifs is 1. The fourth-order valence-electron chi connectivity index (χ4n) is 4.18. The Balaban J connectivity index is 1.47. The minimum atomic E-state index is 0.0413. The van der Waals surface area contributed by atoms with Gasteiger partial charge in [-0.15, -0.1) is 0 Å². The van der Waals surface area contributed by atoms with Crippen LogP contribution in [0.4, 0.5) is 0 Å². The van der Waals surface area contributed by atoms with Gasteiger partial charge >= 0.3 is 0 Å². The van der Waals surface area contributed by atoms with Gasteiger partial charge in [0.15, 0.2) is 0 Å². The molecule has 0 aromatic carbocycles. The van der Waals surface area contributed by atoms with Gasteiger partial charge in [0.2, 0.25) is 0 Å². The summed E-state index contributed by atoms with van der Waals surface area (Å²) in [5, 5.41) is 9.39. The van der Waals surface area contributed by atoms with E-state index in [1.54, 1.807) is 0 Å². The van der Waals surface area contributed by atoms with Crippen molar-refractivity contribution in [2.45, 2.75) is 52.0 Å². The van der Waals surface area contributed by atoms with Crippen molar-refractivity contribution < 1.29 is 9.32 Å². The molecule has 0 bridgehead atoms. The molecule has 1 saturated carbocycles. The van der Waals surface area contributed by atoms with E-state index in [9.17, 15) is 4.79 Å². The monoisotopic (exact) mass is 365 g/mol. The topological polar surface area (TPSA) is 77.0 Å². The molecule has 0 spiro atoms. The van der Waals surface area contributed by atoms with Gasteiger partial charge in [0.1, 0.15) is 0 Å². The Morgan fingerprint density at radius 1 is 1.19 bits per heavy atom. The zero-order chi connectivity index (χ0) is 18.7. The lowest BCUT2D eigenvalue weighted by Crippen LogP contribution is -2.29. The molecule has 2 fully saturated rings. The molecular weight excluding hydrogens is 342 g/mol. The number of likely N-dealkylation sites (tertiary alicyclic amines) is 1. The third-order valence-corrected chi connectivity index (χ3v) is 5.70. The third kappa shape index (κ3) is 2.72. The quantitative estimate of drug-likeness (QED) is 0.712. The number of amides is 1. The molecule has 2 aliphatic rings. The lowest BCUT2D eigenvalue weighted by Gasteiger charge is -2.18. The molecule has 7 nitrogen and oxygen atoms in total. The van der Waals surface area contributed by atoms with Gasteiger partial charge in [-0.1, -0.05) is 5.16 Å². The van der Waals surface area contributed by atoms with Crippen LogP contribution in [-0.4, -0.2) is 43.8 Å². The highest BCUT2D eigenvalue weighted by atomic mass is 16.5. The zero-order valence-electron chi connectivity index (χ0n) is 15.9. The summed E-state index contributed by atoms with van der Waals surface area (Å²) in [6.07, 6.45) is 3.17. The molecular formula is C20H23N5O2. The van der Waals surface area contributed by atoms with Gasteiger partial charge < -0.3 is 9.42 Å². The third-order valence-electron chi connectivity index (χ3n) is 5.70. The van der Waals surface area contributed by atoms with Crippen LogP contribution in [0.2, 0.25) is 0 Å². The number of carbonyl (C=O) groups is 1. The average Bonchev–Trinajstić information content (AvgIpc) is 3.12. The molecule has 3 aromatic heterocycles. The number of carbonyl (C=O) groups excluding carboxylic acids is 1. The molecule has 1 atom stereocenters. The number of aromatic nitrogens is 4. The first kappa shape index (κ1) is 16.5. The molecule has 1 aliphatic heterocycles. The minimum absolute atomic E-state index is 0.0413. The van der Waals surface area contributed by atoms with E-state index in [0.29, 0.717) is 23.7 Å². The first-order valence-corrected chi connectivity index (χ1v) is 9.60. The van der Waals surface area contributed by atoms with Crippen molar-refractivity contribution in [3.8, 4) is 0 Å². The fourth-order valence-corrected chi connectivity index (χ4v) is 4.18. The van der Waals surface area contributed by atoms with E-state index in [1.165, 1.54) is 0 Å². The molecule has 4 heterocycles. The van der Waals surface area contributed by atoms with Crippen molar-refractivity contribution in [1.82, 2.24) is 24.8 Å². The predicted octanol–water partition coefficient (Wildman–Crippen LogP) is 3.31. The molecule has 5 rings (SSSR count). The summed E-state index contributed by atoms with van der Waals surface area (Å²) in [6, 6.07) is 4.27. The van der Waals surface area contributed by atoms with E-state index >= 15 is 0 Å². The van der Waals surface area contributed by atoms with Crippen LogP contribution in [0.25, 0.3) is 11.1 Å². The fraction of sp³-hybridized carbons (Fsp3) is 0.500. The van der Waals surface area contributed by atoms with Gasteiger partial charge in [0.25, 0.3) is 11.6 Å². The highest BCUT2D eigenvalue weighted by Crippen LogP contribution is 2.40. The summed E-state index contributed by atoms with van der Waals surface area (Å²) in [7, 11) is 0. The Bertz CT molecular complexity index is 1050. The van der Waals surface area contributed by atoms with Crippen molar-refractivity contribution in [3.63, 3.8) is 0 Å². The smallest absolute Gasteiger partial charge is 0.259 e. The van der Waals surface area contributed by atoms with Gasteiger partial charge in [0, 0.05) is 30.4 Å². The van der Waals surface area contributed by atoms with E-state index in [-0.39, 0.29) is 11.9 Å². The maximum atomic E-state index is 13.4. The molecule has 1 amide bonds. The summed E-state index contributed by atoms with van der Waals surface area (Å²) in [6.45, 7) is 7.34. The molecule has 27 heavy (non-hydrogen) atoms. The van der Waals surface area contributed by atoms with E-state index in [4.69, 9.17) is 4.52 Å². The Kier molecular flexibility index (Phi) is 3.60. The second-order valence-corrected chi connectivity index (χ2v) is 7.88. The molecule has 0 N–H and O–H groups in total. The highest BCUT2D eigenvalue weighted by Gasteiger charge is 2.33. The first-order chi connectivity index (χ1) is 13.0. The molecule has 7 heteroatoms. The van der Waals surface area contributed by atoms with Crippen LogP contribution in [0.3, 0.4) is 0 Å². The Morgan fingerprint density at radius 2 is 2.00 bits per heavy atom. The first-order valence-electron chi connectivity index (χ1n) is 9.60. The zero-order valence-corrected chi connectivity index (χ0v) is 15.9. The van der Waals surface area contributed by atoms with Crippen molar-refractivity contribution in [1.29, 1.82) is 0 Å². The van der Waals surface area contributed by atoms with E-state index < -0.39 is 0 Å². The number of nitrogens with zero attached hydrogens (tertiary/aromatic N) is 5. The molecule has 1 aliphatic carbocycles. The summed E-state index contributed by atoms with van der Waals surface area (Å²) >= 11 is 0. The van der Waals surface area contributed by atoms with Crippen molar-refractivity contribution in [2.75, 3.05) is 13.1 Å². The summed E-state index contributed by atoms with van der Waals surface area (Å²) in [5.74, 6) is 0.493. The van der Waals surface area contributed by atoms with Crippen LogP contribution in [-0.2, 0) is 0 Å². The summed E-state index contributed by atoms with van der Waals surface area (Å²) in [5.41, 5.74) is 4.99. The van der Waals surface area contributed by atoms with Crippen LogP contribution >= 0.6 is 0 Å². The molecule has 140 valence electrons. The molecule has 3 aromatic rings. The van der Waals surface area contributed by atoms with Crippen LogP contribution in [0, 0.1) is 20.8 Å². The maximum Gasteiger partial charge on any atom is 0.259 e. The summed E-state index contributed by atoms with van der Waals surface area (Å²) in [4.78, 5) is 19.9. The lowest BCUT2D eigenvalue weighted by atomic mass is 10.1. The van der Waals surface area contributed by atoms with Crippen molar-refractivity contribution >= 4 is 17.0 Å². The molecule has 0 unspecified atom stereocenters. The number of rotatable bonds is 3. The second kappa shape index (κ2) is 5.90. The van der Waals surface area contributed by atoms with Crippen LogP contribution in [0.1, 0.15) is 64.4 Å². The van der Waals surface area contributed by atoms with E-state index in [2.05, 4.69) is 32.9 Å². The second-order valence-electron chi connectivity index (χ2n) is 7.88. The van der Waals surface area contributed by atoms with Gasteiger partial charge in [0.05, 0.1) is 28.4 Å². The molecule has 1 saturated heterocycles. The Labute approximate surface area is 157 Å². The van der Waals surface area contributed by atoms with Crippen LogP contribution in [0.5, 0.6) is 0 Å². The number of hydrogen-bond donors (Lipinski definition) is 0. The largest absolute Gasteiger partial charge is 0.336 e.